The summed E-state index contributed by atoms with van der Waals surface area (Å²) in [5.74, 6) is 0.572. The Kier molecular flexibility index (Phi) is 8.51. The molecule has 0 fully saturated rings. The Balaban J connectivity index is 2.39. The van der Waals surface area contributed by atoms with E-state index in [-0.39, 0.29) is 6.10 Å². The fourth-order valence-electron chi connectivity index (χ4n) is 1.85. The van der Waals surface area contributed by atoms with Gasteiger partial charge in [-0.2, -0.15) is 0 Å². The molecule has 114 valence electrons. The van der Waals surface area contributed by atoms with Gasteiger partial charge in [-0.25, -0.2) is 0 Å². The van der Waals surface area contributed by atoms with Gasteiger partial charge in [0.15, 0.2) is 0 Å². The molecule has 0 amide bonds. The Bertz CT molecular complexity index is 338. The molecule has 1 atom stereocenters. The van der Waals surface area contributed by atoms with Crippen LogP contribution in [-0.2, 0) is 9.47 Å². The molecule has 1 aromatic rings. The van der Waals surface area contributed by atoms with Gasteiger partial charge in [0.05, 0.1) is 19.3 Å². The molecule has 3 heteroatoms. The van der Waals surface area contributed by atoms with E-state index in [4.69, 9.17) is 9.47 Å². The average molecular weight is 279 g/mol. The summed E-state index contributed by atoms with van der Waals surface area (Å²) in [5, 5.41) is 3.44. The first-order valence-electron chi connectivity index (χ1n) is 7.57. The zero-order valence-corrected chi connectivity index (χ0v) is 13.3. The third-order valence-corrected chi connectivity index (χ3v) is 2.88. The van der Waals surface area contributed by atoms with Crippen molar-refractivity contribution in [2.75, 3.05) is 26.4 Å². The first-order chi connectivity index (χ1) is 9.59. The second kappa shape index (κ2) is 9.92. The Labute approximate surface area is 123 Å². The lowest BCUT2D eigenvalue weighted by molar-refractivity contribution is -0.00190. The topological polar surface area (TPSA) is 30.5 Å². The van der Waals surface area contributed by atoms with Crippen molar-refractivity contribution in [3.63, 3.8) is 0 Å². The van der Waals surface area contributed by atoms with Gasteiger partial charge in [-0.1, -0.05) is 58.0 Å². The third-order valence-electron chi connectivity index (χ3n) is 2.88. The summed E-state index contributed by atoms with van der Waals surface area (Å²) in [6.07, 6.45) is 0.0845. The third kappa shape index (κ3) is 7.63. The minimum atomic E-state index is 0.0845. The van der Waals surface area contributed by atoms with Crippen LogP contribution in [0.1, 0.15) is 39.4 Å². The number of ether oxygens (including phenoxy) is 2. The predicted molar refractivity (Wildman–Crippen MR) is 83.9 cm³/mol. The van der Waals surface area contributed by atoms with Gasteiger partial charge in [-0.3, -0.25) is 0 Å². The molecule has 0 saturated heterocycles. The normalized spacial score (nSPS) is 13.1. The smallest absolute Gasteiger partial charge is 0.0950 e. The Morgan fingerprint density at radius 1 is 1.00 bits per heavy atom. The number of hydrogen-bond donors (Lipinski definition) is 1. The van der Waals surface area contributed by atoms with Gasteiger partial charge in [0.2, 0.25) is 0 Å². The second-order valence-corrected chi connectivity index (χ2v) is 5.80. The van der Waals surface area contributed by atoms with Crippen molar-refractivity contribution in [1.82, 2.24) is 5.32 Å². The molecular formula is C17H29NO2. The highest BCUT2D eigenvalue weighted by Gasteiger charge is 2.12. The highest BCUT2D eigenvalue weighted by atomic mass is 16.5. The highest BCUT2D eigenvalue weighted by molar-refractivity contribution is 5.17. The van der Waals surface area contributed by atoms with Gasteiger partial charge in [-0.05, 0) is 11.5 Å². The molecule has 0 spiro atoms. The maximum absolute atomic E-state index is 5.97. The Morgan fingerprint density at radius 2 is 1.70 bits per heavy atom. The van der Waals surface area contributed by atoms with Crippen molar-refractivity contribution in [2.45, 2.75) is 39.8 Å². The molecule has 0 aliphatic rings. The fraction of sp³-hybridized carbons (Fsp3) is 0.647. The Hall–Kier alpha value is -0.900. The van der Waals surface area contributed by atoms with Crippen molar-refractivity contribution in [3.05, 3.63) is 35.9 Å². The molecule has 0 aliphatic heterocycles. The SMILES string of the molecule is CC(C)COCCOC(CNC(C)C)c1ccccc1. The molecule has 1 rings (SSSR count). The summed E-state index contributed by atoms with van der Waals surface area (Å²) in [4.78, 5) is 0. The molecule has 0 bridgehead atoms. The lowest BCUT2D eigenvalue weighted by Gasteiger charge is -2.20. The van der Waals surface area contributed by atoms with Crippen molar-refractivity contribution in [3.8, 4) is 0 Å². The maximum atomic E-state index is 5.97. The zero-order valence-electron chi connectivity index (χ0n) is 13.3. The number of benzene rings is 1. The first-order valence-corrected chi connectivity index (χ1v) is 7.57. The van der Waals surface area contributed by atoms with E-state index >= 15 is 0 Å². The van der Waals surface area contributed by atoms with E-state index in [1.54, 1.807) is 0 Å². The van der Waals surface area contributed by atoms with E-state index in [1.165, 1.54) is 5.56 Å². The van der Waals surface area contributed by atoms with E-state index in [0.717, 1.165) is 13.2 Å². The first kappa shape index (κ1) is 17.2. The molecular weight excluding hydrogens is 250 g/mol. The molecule has 0 heterocycles. The zero-order chi connectivity index (χ0) is 14.8. The number of hydrogen-bond acceptors (Lipinski definition) is 3. The molecule has 3 nitrogen and oxygen atoms in total. The molecule has 0 aromatic heterocycles. The van der Waals surface area contributed by atoms with Crippen LogP contribution in [0.3, 0.4) is 0 Å². The summed E-state index contributed by atoms with van der Waals surface area (Å²) >= 11 is 0. The van der Waals surface area contributed by atoms with Gasteiger partial charge < -0.3 is 14.8 Å². The second-order valence-electron chi connectivity index (χ2n) is 5.80. The van der Waals surface area contributed by atoms with Crippen LogP contribution in [0.25, 0.3) is 0 Å². The molecule has 20 heavy (non-hydrogen) atoms. The van der Waals surface area contributed by atoms with Crippen molar-refractivity contribution < 1.29 is 9.47 Å². The van der Waals surface area contributed by atoms with E-state index in [9.17, 15) is 0 Å². The average Bonchev–Trinajstić information content (AvgIpc) is 2.42. The van der Waals surface area contributed by atoms with Crippen LogP contribution in [-0.4, -0.2) is 32.4 Å². The minimum Gasteiger partial charge on any atom is -0.379 e. The quantitative estimate of drug-likeness (QED) is 0.666. The summed E-state index contributed by atoms with van der Waals surface area (Å²) in [5.41, 5.74) is 1.21. The van der Waals surface area contributed by atoms with Gasteiger partial charge in [0, 0.05) is 19.2 Å². The lowest BCUT2D eigenvalue weighted by atomic mass is 10.1. The largest absolute Gasteiger partial charge is 0.379 e. The van der Waals surface area contributed by atoms with Crippen LogP contribution in [0.5, 0.6) is 0 Å². The van der Waals surface area contributed by atoms with E-state index in [0.29, 0.717) is 25.2 Å². The van der Waals surface area contributed by atoms with Crippen LogP contribution in [0.2, 0.25) is 0 Å². The molecule has 0 saturated carbocycles. The van der Waals surface area contributed by atoms with Crippen molar-refractivity contribution in [2.24, 2.45) is 5.92 Å². The lowest BCUT2D eigenvalue weighted by Crippen LogP contribution is -2.29. The van der Waals surface area contributed by atoms with Crippen molar-refractivity contribution in [1.29, 1.82) is 0 Å². The van der Waals surface area contributed by atoms with Gasteiger partial charge in [0.25, 0.3) is 0 Å². The standard InChI is InChI=1S/C17H29NO2/c1-14(2)13-19-10-11-20-17(12-18-15(3)4)16-8-6-5-7-9-16/h5-9,14-15,17-18H,10-13H2,1-4H3. The monoisotopic (exact) mass is 279 g/mol. The predicted octanol–water partition coefficient (Wildman–Crippen LogP) is 3.41. The number of nitrogens with one attached hydrogen (secondary N) is 1. The maximum Gasteiger partial charge on any atom is 0.0950 e. The molecule has 0 radical (unpaired) electrons. The van der Waals surface area contributed by atoms with E-state index in [1.807, 2.05) is 6.07 Å². The number of rotatable bonds is 10. The molecule has 0 aliphatic carbocycles. The van der Waals surface area contributed by atoms with Crippen LogP contribution in [0.15, 0.2) is 30.3 Å². The van der Waals surface area contributed by atoms with E-state index < -0.39 is 0 Å². The fourth-order valence-corrected chi connectivity index (χ4v) is 1.85. The summed E-state index contributed by atoms with van der Waals surface area (Å²) in [6, 6.07) is 10.8. The molecule has 1 aromatic carbocycles. The minimum absolute atomic E-state index is 0.0845. The summed E-state index contributed by atoms with van der Waals surface area (Å²) in [7, 11) is 0. The highest BCUT2D eigenvalue weighted by Crippen LogP contribution is 2.16. The van der Waals surface area contributed by atoms with Gasteiger partial charge in [0.1, 0.15) is 0 Å². The van der Waals surface area contributed by atoms with Gasteiger partial charge in [-0.15, -0.1) is 0 Å². The summed E-state index contributed by atoms with van der Waals surface area (Å²) < 4.78 is 11.5. The van der Waals surface area contributed by atoms with Crippen LogP contribution in [0.4, 0.5) is 0 Å². The van der Waals surface area contributed by atoms with Crippen LogP contribution in [0, 0.1) is 5.92 Å². The molecule has 1 unspecified atom stereocenters. The van der Waals surface area contributed by atoms with Crippen molar-refractivity contribution >= 4 is 0 Å². The molecule has 1 N–H and O–H groups in total. The summed E-state index contributed by atoms with van der Waals surface area (Å²) in [6.45, 7) is 11.5. The van der Waals surface area contributed by atoms with Crippen LogP contribution >= 0.6 is 0 Å². The van der Waals surface area contributed by atoms with E-state index in [2.05, 4.69) is 57.3 Å². The Morgan fingerprint density at radius 3 is 2.30 bits per heavy atom. The van der Waals surface area contributed by atoms with Crippen LogP contribution < -0.4 is 5.32 Å². The van der Waals surface area contributed by atoms with Gasteiger partial charge >= 0.3 is 0 Å².